The van der Waals surface area contributed by atoms with Crippen molar-refractivity contribution in [2.75, 3.05) is 26.3 Å². The maximum Gasteiger partial charge on any atom is 0.324 e. The van der Waals surface area contributed by atoms with E-state index in [-0.39, 0.29) is 41.5 Å². The SMILES string of the molecule is CCOC(=O)C1CCN(CC(=O)[C@H]2CC[C@H]3[C@@H]4CC[C@H]5C[C@H](O)CC[C@]5(CCO)[C@H]4CC[C@]23C)N1. The first-order valence-electron chi connectivity index (χ1n) is 14.3. The van der Waals surface area contributed by atoms with Crippen LogP contribution in [-0.4, -0.2) is 65.4 Å². The molecule has 0 aromatic heterocycles. The molecule has 7 heteroatoms. The van der Waals surface area contributed by atoms with Gasteiger partial charge in [-0.3, -0.25) is 9.59 Å². The molecule has 5 fully saturated rings. The van der Waals surface area contributed by atoms with Gasteiger partial charge in [-0.15, -0.1) is 0 Å². The van der Waals surface area contributed by atoms with Crippen molar-refractivity contribution in [1.29, 1.82) is 0 Å². The number of carbonyl (C=O) groups is 2. The minimum absolute atomic E-state index is 0.0555. The van der Waals surface area contributed by atoms with Crippen molar-refractivity contribution in [2.24, 2.45) is 40.4 Å². The summed E-state index contributed by atoms with van der Waals surface area (Å²) >= 11 is 0. The maximum atomic E-state index is 13.6. The second kappa shape index (κ2) is 10.0. The van der Waals surface area contributed by atoms with E-state index < -0.39 is 0 Å². The van der Waals surface area contributed by atoms with Crippen LogP contribution in [0.2, 0.25) is 0 Å². The Morgan fingerprint density at radius 1 is 1.06 bits per heavy atom. The van der Waals surface area contributed by atoms with Crippen LogP contribution >= 0.6 is 0 Å². The Balaban J connectivity index is 1.27. The zero-order chi connectivity index (χ0) is 24.8. The molecule has 0 spiro atoms. The Hall–Kier alpha value is -1.02. The third-order valence-electron chi connectivity index (χ3n) is 11.2. The van der Waals surface area contributed by atoms with Gasteiger partial charge in [-0.1, -0.05) is 6.92 Å². The lowest BCUT2D eigenvalue weighted by atomic mass is 9.43. The monoisotopic (exact) mass is 490 g/mol. The number of hydrazine groups is 1. The highest BCUT2D eigenvalue weighted by Gasteiger charge is 2.62. The number of carbonyl (C=O) groups excluding carboxylic acids is 2. The Labute approximate surface area is 210 Å². The molecule has 198 valence electrons. The summed E-state index contributed by atoms with van der Waals surface area (Å²) in [7, 11) is 0. The van der Waals surface area contributed by atoms with Gasteiger partial charge in [0, 0.05) is 19.1 Å². The zero-order valence-electron chi connectivity index (χ0n) is 21.7. The number of ether oxygens (including phenoxy) is 1. The Morgan fingerprint density at radius 2 is 1.89 bits per heavy atom. The molecule has 3 N–H and O–H groups in total. The van der Waals surface area contributed by atoms with E-state index in [1.807, 2.05) is 11.9 Å². The van der Waals surface area contributed by atoms with Gasteiger partial charge >= 0.3 is 5.97 Å². The molecular formula is C28H46N2O5. The molecule has 0 amide bonds. The predicted molar refractivity (Wildman–Crippen MR) is 132 cm³/mol. The maximum absolute atomic E-state index is 13.6. The van der Waals surface area contributed by atoms with E-state index in [1.54, 1.807) is 0 Å². The van der Waals surface area contributed by atoms with E-state index in [4.69, 9.17) is 4.74 Å². The van der Waals surface area contributed by atoms with E-state index in [0.717, 1.165) is 57.8 Å². The third-order valence-corrected chi connectivity index (χ3v) is 11.2. The highest BCUT2D eigenvalue weighted by molar-refractivity contribution is 5.84. The number of fused-ring (bicyclic) bond motifs is 5. The lowest BCUT2D eigenvalue weighted by Crippen LogP contribution is -2.56. The predicted octanol–water partition coefficient (Wildman–Crippen LogP) is 3.08. The van der Waals surface area contributed by atoms with Gasteiger partial charge in [0.05, 0.1) is 19.3 Å². The fraction of sp³-hybridized carbons (Fsp3) is 0.929. The number of nitrogens with one attached hydrogen (secondary N) is 1. The van der Waals surface area contributed by atoms with Gasteiger partial charge in [-0.2, -0.15) is 0 Å². The molecule has 7 nitrogen and oxygen atoms in total. The fourth-order valence-corrected chi connectivity index (χ4v) is 9.73. The van der Waals surface area contributed by atoms with Crippen LogP contribution < -0.4 is 5.43 Å². The average Bonchev–Trinajstić information content (AvgIpc) is 3.44. The Morgan fingerprint density at radius 3 is 2.66 bits per heavy atom. The normalized spacial score (nSPS) is 45.4. The van der Waals surface area contributed by atoms with Gasteiger partial charge in [-0.25, -0.2) is 10.4 Å². The number of hydrogen-bond donors (Lipinski definition) is 3. The van der Waals surface area contributed by atoms with Gasteiger partial charge in [0.25, 0.3) is 0 Å². The standard InChI is InChI=1S/C28H46N2O5/c1-3-35-26(34)24-10-14-30(29-24)17-25(33)23-7-6-21-20-5-4-18-16-19(32)8-12-28(18,13-15-31)22(20)9-11-27(21,23)2/h18-24,29,31-32H,3-17H2,1-2H3/t18-,19+,20-,21-,22-,23+,24?,27-,28+/m0/s1. The van der Waals surface area contributed by atoms with Gasteiger partial charge < -0.3 is 14.9 Å². The van der Waals surface area contributed by atoms with Crippen molar-refractivity contribution >= 4 is 11.8 Å². The van der Waals surface area contributed by atoms with Crippen molar-refractivity contribution in [2.45, 2.75) is 96.6 Å². The number of aliphatic hydroxyl groups excluding tert-OH is 2. The van der Waals surface area contributed by atoms with Crippen LogP contribution in [0.3, 0.4) is 0 Å². The molecule has 1 unspecified atom stereocenters. The van der Waals surface area contributed by atoms with Crippen molar-refractivity contribution in [3.8, 4) is 0 Å². The summed E-state index contributed by atoms with van der Waals surface area (Å²) in [5.74, 6) is 2.58. The average molecular weight is 491 g/mol. The minimum atomic E-state index is -0.336. The largest absolute Gasteiger partial charge is 0.465 e. The van der Waals surface area contributed by atoms with Crippen LogP contribution in [0, 0.1) is 40.4 Å². The van der Waals surface area contributed by atoms with E-state index in [9.17, 15) is 19.8 Å². The van der Waals surface area contributed by atoms with Crippen LogP contribution in [-0.2, 0) is 14.3 Å². The van der Waals surface area contributed by atoms with Crippen LogP contribution in [0.5, 0.6) is 0 Å². The molecule has 0 aromatic rings. The van der Waals surface area contributed by atoms with Crippen LogP contribution in [0.1, 0.15) is 84.5 Å². The molecule has 4 aliphatic carbocycles. The highest BCUT2D eigenvalue weighted by Crippen LogP contribution is 2.68. The Kier molecular flexibility index (Phi) is 7.35. The first kappa shape index (κ1) is 25.6. The molecule has 35 heavy (non-hydrogen) atoms. The molecule has 0 radical (unpaired) electrons. The minimum Gasteiger partial charge on any atom is -0.465 e. The number of esters is 1. The topological polar surface area (TPSA) is 99.1 Å². The lowest BCUT2D eigenvalue weighted by Gasteiger charge is -2.62. The summed E-state index contributed by atoms with van der Waals surface area (Å²) in [5, 5.41) is 22.3. The van der Waals surface area contributed by atoms with E-state index in [0.29, 0.717) is 55.6 Å². The van der Waals surface area contributed by atoms with Crippen molar-refractivity contribution in [3.05, 3.63) is 0 Å². The summed E-state index contributed by atoms with van der Waals surface area (Å²) in [6.07, 6.45) is 11.0. The molecule has 4 saturated carbocycles. The van der Waals surface area contributed by atoms with Gasteiger partial charge in [-0.05, 0) is 112 Å². The van der Waals surface area contributed by atoms with E-state index in [1.165, 1.54) is 6.42 Å². The number of aliphatic hydroxyl groups is 2. The first-order valence-corrected chi connectivity index (χ1v) is 14.3. The molecule has 9 atom stereocenters. The number of nitrogens with zero attached hydrogens (tertiary/aromatic N) is 1. The quantitative estimate of drug-likeness (QED) is 0.472. The second-order valence-corrected chi connectivity index (χ2v) is 12.6. The van der Waals surface area contributed by atoms with Gasteiger partial charge in [0.15, 0.2) is 5.78 Å². The van der Waals surface area contributed by atoms with E-state index >= 15 is 0 Å². The molecule has 1 aliphatic heterocycles. The number of hydrogen-bond acceptors (Lipinski definition) is 7. The summed E-state index contributed by atoms with van der Waals surface area (Å²) in [4.78, 5) is 25.7. The van der Waals surface area contributed by atoms with Crippen molar-refractivity contribution < 1.29 is 24.5 Å². The van der Waals surface area contributed by atoms with Crippen molar-refractivity contribution in [1.82, 2.24) is 10.4 Å². The third kappa shape index (κ3) is 4.38. The van der Waals surface area contributed by atoms with Gasteiger partial charge in [0.2, 0.25) is 0 Å². The summed E-state index contributed by atoms with van der Waals surface area (Å²) in [5.41, 5.74) is 3.45. The Bertz CT molecular complexity index is 806. The summed E-state index contributed by atoms with van der Waals surface area (Å²) in [6, 6.07) is -0.336. The summed E-state index contributed by atoms with van der Waals surface area (Å²) in [6.45, 7) is 5.89. The molecule has 0 bridgehead atoms. The smallest absolute Gasteiger partial charge is 0.324 e. The summed E-state index contributed by atoms with van der Waals surface area (Å²) < 4.78 is 5.14. The van der Waals surface area contributed by atoms with Gasteiger partial charge in [0.1, 0.15) is 6.04 Å². The fourth-order valence-electron chi connectivity index (χ4n) is 9.73. The lowest BCUT2D eigenvalue weighted by molar-refractivity contribution is -0.150. The first-order chi connectivity index (χ1) is 16.8. The molecule has 0 aromatic carbocycles. The zero-order valence-corrected chi connectivity index (χ0v) is 21.7. The number of Topliss-reactive ketones (excluding diaryl/α,β-unsaturated/α-hetero) is 1. The molecule has 1 saturated heterocycles. The highest BCUT2D eigenvalue weighted by atomic mass is 16.5. The number of rotatable bonds is 7. The van der Waals surface area contributed by atoms with E-state index in [2.05, 4.69) is 12.3 Å². The van der Waals surface area contributed by atoms with Crippen LogP contribution in [0.4, 0.5) is 0 Å². The van der Waals surface area contributed by atoms with Crippen molar-refractivity contribution in [3.63, 3.8) is 0 Å². The second-order valence-electron chi connectivity index (χ2n) is 12.6. The molecule has 1 heterocycles. The number of ketones is 1. The molecular weight excluding hydrogens is 444 g/mol. The molecule has 5 aliphatic rings. The van der Waals surface area contributed by atoms with Crippen LogP contribution in [0.15, 0.2) is 0 Å². The van der Waals surface area contributed by atoms with Crippen LogP contribution in [0.25, 0.3) is 0 Å². The molecule has 5 rings (SSSR count).